The Hall–Kier alpha value is -2.38. The number of hydrogen-bond donors (Lipinski definition) is 2. The molecule has 1 rings (SSSR count). The number of alkyl halides is 2. The van der Waals surface area contributed by atoms with Gasteiger partial charge in [0.15, 0.2) is 11.5 Å². The van der Waals surface area contributed by atoms with Crippen LogP contribution in [-0.4, -0.2) is 32.5 Å². The Bertz CT molecular complexity index is 506. The molecule has 1 aromatic rings. The van der Waals surface area contributed by atoms with Gasteiger partial charge in [-0.3, -0.25) is 9.59 Å². The monoisotopic (exact) mass is 274 g/mol. The van der Waals surface area contributed by atoms with E-state index in [2.05, 4.69) is 0 Å². The third kappa shape index (κ3) is 3.30. The van der Waals surface area contributed by atoms with Gasteiger partial charge in [0.1, 0.15) is 0 Å². The average Bonchev–Trinajstić information content (AvgIpc) is 2.37. The number of primary amides is 1. The molecule has 0 bridgehead atoms. The van der Waals surface area contributed by atoms with Gasteiger partial charge in [-0.25, -0.2) is 0 Å². The van der Waals surface area contributed by atoms with Crippen molar-refractivity contribution in [1.29, 1.82) is 0 Å². The van der Waals surface area contributed by atoms with Crippen molar-refractivity contribution in [3.63, 3.8) is 0 Å². The van der Waals surface area contributed by atoms with Gasteiger partial charge in [-0.15, -0.1) is 0 Å². The lowest BCUT2D eigenvalue weighted by molar-refractivity contribution is -0.126. The van der Waals surface area contributed by atoms with Crippen LogP contribution in [0.1, 0.15) is 10.4 Å². The smallest absolute Gasteiger partial charge is 0.315 e. The zero-order chi connectivity index (χ0) is 14.6. The maximum atomic E-state index is 12.2. The summed E-state index contributed by atoms with van der Waals surface area (Å²) in [6.45, 7) is 0. The molecule has 0 aliphatic rings. The number of nitrogens with two attached hydrogens (primary N) is 1. The van der Waals surface area contributed by atoms with Gasteiger partial charge in [0.05, 0.1) is 25.5 Å². The lowest BCUT2D eigenvalue weighted by Gasteiger charge is -2.13. The number of carbonyl (C=O) groups is 2. The number of rotatable bonds is 5. The fourth-order valence-electron chi connectivity index (χ4n) is 1.37. The number of benzene rings is 1. The van der Waals surface area contributed by atoms with Crippen LogP contribution in [-0.2, 0) is 4.79 Å². The van der Waals surface area contributed by atoms with Crippen molar-refractivity contribution in [2.45, 2.75) is 6.43 Å². The molecule has 0 fully saturated rings. The molecule has 3 N–H and O–H groups in total. The number of amides is 2. The third-order valence-electron chi connectivity index (χ3n) is 2.25. The molecule has 0 aromatic heterocycles. The molecule has 2 amide bonds. The van der Waals surface area contributed by atoms with Gasteiger partial charge in [0, 0.05) is 6.07 Å². The first-order chi connectivity index (χ1) is 8.90. The first-order valence-corrected chi connectivity index (χ1v) is 5.05. The van der Waals surface area contributed by atoms with Gasteiger partial charge in [0.2, 0.25) is 0 Å². The minimum absolute atomic E-state index is 0.161. The Morgan fingerprint density at radius 3 is 2.16 bits per heavy atom. The highest BCUT2D eigenvalue weighted by Gasteiger charge is 2.20. The molecule has 104 valence electrons. The molecule has 0 unspecified atom stereocenters. The predicted octanol–water partition coefficient (Wildman–Crippen LogP) is 1.01. The standard InChI is InChI=1S/C11H12F2N2O4/c1-18-7-3-5(10(14)16)6(4-8(7)19-2)15-11(17)9(12)13/h3-4,9H,1-2H3,(H2,14,16)(H,15,17). The minimum atomic E-state index is -3.21. The number of methoxy groups -OCH3 is 2. The number of ether oxygens (including phenoxy) is 2. The molecule has 0 heterocycles. The largest absolute Gasteiger partial charge is 0.493 e. The molecule has 1 aromatic carbocycles. The number of nitrogens with one attached hydrogen (secondary N) is 1. The van der Waals surface area contributed by atoms with E-state index in [0.717, 1.165) is 0 Å². The van der Waals surface area contributed by atoms with Crippen molar-refractivity contribution in [1.82, 2.24) is 0 Å². The normalized spacial score (nSPS) is 10.2. The number of carbonyl (C=O) groups excluding carboxylic acids is 2. The van der Waals surface area contributed by atoms with Gasteiger partial charge >= 0.3 is 6.43 Å². The van der Waals surface area contributed by atoms with Crippen LogP contribution in [0.2, 0.25) is 0 Å². The lowest BCUT2D eigenvalue weighted by Crippen LogP contribution is -2.23. The fourth-order valence-corrected chi connectivity index (χ4v) is 1.37. The second kappa shape index (κ2) is 5.98. The van der Waals surface area contributed by atoms with Crippen LogP contribution >= 0.6 is 0 Å². The van der Waals surface area contributed by atoms with Crippen molar-refractivity contribution in [3.8, 4) is 11.5 Å². The van der Waals surface area contributed by atoms with E-state index < -0.39 is 18.2 Å². The highest BCUT2D eigenvalue weighted by atomic mass is 19.3. The summed E-state index contributed by atoms with van der Waals surface area (Å²) in [6, 6.07) is 2.38. The van der Waals surface area contributed by atoms with E-state index in [0.29, 0.717) is 0 Å². The van der Waals surface area contributed by atoms with Gasteiger partial charge in [-0.1, -0.05) is 0 Å². The Labute approximate surface area is 107 Å². The molecule has 0 aliphatic carbocycles. The summed E-state index contributed by atoms with van der Waals surface area (Å²) in [4.78, 5) is 22.2. The highest BCUT2D eigenvalue weighted by Crippen LogP contribution is 2.33. The molecule has 0 spiro atoms. The van der Waals surface area contributed by atoms with E-state index in [1.165, 1.54) is 26.4 Å². The van der Waals surface area contributed by atoms with Crippen LogP contribution in [0.3, 0.4) is 0 Å². The molecule has 0 radical (unpaired) electrons. The van der Waals surface area contributed by atoms with E-state index in [4.69, 9.17) is 15.2 Å². The Kier molecular flexibility index (Phi) is 4.62. The van der Waals surface area contributed by atoms with Gasteiger partial charge in [-0.05, 0) is 6.07 Å². The van der Waals surface area contributed by atoms with Crippen molar-refractivity contribution in [2.24, 2.45) is 5.73 Å². The summed E-state index contributed by atoms with van der Waals surface area (Å²) in [5, 5.41) is 1.89. The average molecular weight is 274 g/mol. The molecule has 0 aliphatic heterocycles. The summed E-state index contributed by atoms with van der Waals surface area (Å²) in [5.74, 6) is -2.09. The minimum Gasteiger partial charge on any atom is -0.493 e. The van der Waals surface area contributed by atoms with Gasteiger partial charge in [-0.2, -0.15) is 8.78 Å². The summed E-state index contributed by atoms with van der Waals surface area (Å²) in [7, 11) is 2.65. The Morgan fingerprint density at radius 1 is 1.21 bits per heavy atom. The molecule has 0 saturated carbocycles. The molecule has 0 atom stereocenters. The fraction of sp³-hybridized carbons (Fsp3) is 0.273. The Balaban J connectivity index is 3.27. The zero-order valence-corrected chi connectivity index (χ0v) is 10.2. The van der Waals surface area contributed by atoms with Crippen LogP contribution in [0.5, 0.6) is 11.5 Å². The third-order valence-corrected chi connectivity index (χ3v) is 2.25. The maximum absolute atomic E-state index is 12.2. The second-order valence-corrected chi connectivity index (χ2v) is 3.41. The predicted molar refractivity (Wildman–Crippen MR) is 62.7 cm³/mol. The number of hydrogen-bond acceptors (Lipinski definition) is 4. The quantitative estimate of drug-likeness (QED) is 0.838. The van der Waals surface area contributed by atoms with Crippen molar-refractivity contribution in [3.05, 3.63) is 17.7 Å². The first kappa shape index (κ1) is 14.7. The summed E-state index contributed by atoms with van der Waals surface area (Å²) in [6.07, 6.45) is -3.21. The molecule has 19 heavy (non-hydrogen) atoms. The number of halogens is 2. The van der Waals surface area contributed by atoms with Crippen molar-refractivity contribution in [2.75, 3.05) is 19.5 Å². The SMILES string of the molecule is COc1cc(NC(=O)C(F)F)c(C(N)=O)cc1OC. The number of anilines is 1. The molecule has 6 nitrogen and oxygen atoms in total. The first-order valence-electron chi connectivity index (χ1n) is 5.05. The molecule has 8 heteroatoms. The molecular weight excluding hydrogens is 262 g/mol. The van der Waals surface area contributed by atoms with Gasteiger partial charge < -0.3 is 20.5 Å². The van der Waals surface area contributed by atoms with E-state index in [-0.39, 0.29) is 22.7 Å². The van der Waals surface area contributed by atoms with Crippen LogP contribution in [0.25, 0.3) is 0 Å². The van der Waals surface area contributed by atoms with Crippen LogP contribution in [0, 0.1) is 0 Å². The summed E-state index contributed by atoms with van der Waals surface area (Å²) in [5.41, 5.74) is 4.78. The van der Waals surface area contributed by atoms with Crippen LogP contribution in [0.4, 0.5) is 14.5 Å². The zero-order valence-electron chi connectivity index (χ0n) is 10.2. The van der Waals surface area contributed by atoms with Crippen molar-refractivity contribution < 1.29 is 27.8 Å². The van der Waals surface area contributed by atoms with E-state index in [1.807, 2.05) is 5.32 Å². The van der Waals surface area contributed by atoms with E-state index >= 15 is 0 Å². The lowest BCUT2D eigenvalue weighted by atomic mass is 10.1. The van der Waals surface area contributed by atoms with E-state index in [9.17, 15) is 18.4 Å². The summed E-state index contributed by atoms with van der Waals surface area (Å²) >= 11 is 0. The van der Waals surface area contributed by atoms with Crippen molar-refractivity contribution >= 4 is 17.5 Å². The second-order valence-electron chi connectivity index (χ2n) is 3.41. The van der Waals surface area contributed by atoms with Crippen LogP contribution in [0.15, 0.2) is 12.1 Å². The highest BCUT2D eigenvalue weighted by molar-refractivity contribution is 6.04. The topological polar surface area (TPSA) is 90.6 Å². The van der Waals surface area contributed by atoms with E-state index in [1.54, 1.807) is 0 Å². The molecular formula is C11H12F2N2O4. The maximum Gasteiger partial charge on any atom is 0.315 e. The Morgan fingerprint density at radius 2 is 1.74 bits per heavy atom. The van der Waals surface area contributed by atoms with Gasteiger partial charge in [0.25, 0.3) is 11.8 Å². The summed E-state index contributed by atoms with van der Waals surface area (Å²) < 4.78 is 34.3. The molecule has 0 saturated heterocycles. The van der Waals surface area contributed by atoms with Crippen LogP contribution < -0.4 is 20.5 Å².